The van der Waals surface area contributed by atoms with Gasteiger partial charge in [0.25, 0.3) is 0 Å². The standard InChI is InChI=1S/C21H20N2OS2/c1-14-6-4-8-23(13-14)19(20(24)18-7-5-9-26-18)21(25)22-17-11-15(2)10-16(3)12-17/h4-13H,1-3H3,(H-,22,24,25). The first-order chi connectivity index (χ1) is 12.4. The number of anilines is 1. The second-order valence-corrected chi connectivity index (χ2v) is 7.63. The van der Waals surface area contributed by atoms with Gasteiger partial charge in [0.1, 0.15) is 0 Å². The number of nitrogens with zero attached hydrogens (tertiary/aromatic N) is 1. The third kappa shape index (κ3) is 4.18. The van der Waals surface area contributed by atoms with Crippen LogP contribution in [0.4, 0.5) is 5.69 Å². The van der Waals surface area contributed by atoms with Gasteiger partial charge in [0, 0.05) is 22.2 Å². The summed E-state index contributed by atoms with van der Waals surface area (Å²) in [5, 5.41) is 18.2. The molecular formula is C21H20N2OS2. The molecule has 1 N–H and O–H groups in total. The Kier molecular flexibility index (Phi) is 5.49. The van der Waals surface area contributed by atoms with Crippen molar-refractivity contribution >= 4 is 45.7 Å². The van der Waals surface area contributed by atoms with Gasteiger partial charge in [-0.1, -0.05) is 24.4 Å². The van der Waals surface area contributed by atoms with E-state index in [-0.39, 0.29) is 5.76 Å². The van der Waals surface area contributed by atoms with E-state index in [1.807, 2.05) is 74.9 Å². The third-order valence-corrected chi connectivity index (χ3v) is 5.03. The molecule has 3 aromatic rings. The maximum absolute atomic E-state index is 13.1. The van der Waals surface area contributed by atoms with Crippen molar-refractivity contribution in [3.05, 3.63) is 81.8 Å². The Hall–Kier alpha value is -2.50. The quantitative estimate of drug-likeness (QED) is 0.321. The fraction of sp³-hybridized carbons (Fsp3) is 0.143. The molecule has 0 amide bonds. The summed E-state index contributed by atoms with van der Waals surface area (Å²) in [5.41, 5.74) is 4.68. The highest BCUT2D eigenvalue weighted by atomic mass is 32.1. The summed E-state index contributed by atoms with van der Waals surface area (Å²) in [7, 11) is 0. The topological polar surface area (TPSA) is 39.0 Å². The van der Waals surface area contributed by atoms with Gasteiger partial charge in [-0.15, -0.1) is 11.3 Å². The Morgan fingerprint density at radius 2 is 1.77 bits per heavy atom. The van der Waals surface area contributed by atoms with E-state index < -0.39 is 0 Å². The van der Waals surface area contributed by atoms with Crippen LogP contribution in [0.3, 0.4) is 0 Å². The lowest BCUT2D eigenvalue weighted by Gasteiger charge is -2.16. The largest absolute Gasteiger partial charge is 0.867 e. The average molecular weight is 381 g/mol. The molecule has 132 valence electrons. The normalized spacial score (nSPS) is 11.8. The summed E-state index contributed by atoms with van der Waals surface area (Å²) >= 11 is 7.05. The number of thiocarbonyl (C=S) groups is 1. The van der Waals surface area contributed by atoms with E-state index in [2.05, 4.69) is 11.4 Å². The third-order valence-electron chi connectivity index (χ3n) is 3.86. The molecule has 0 saturated heterocycles. The molecule has 0 radical (unpaired) electrons. The number of nitrogens with one attached hydrogen (secondary N) is 1. The monoisotopic (exact) mass is 380 g/mol. The van der Waals surface area contributed by atoms with Crippen LogP contribution in [0.1, 0.15) is 21.6 Å². The van der Waals surface area contributed by atoms with Gasteiger partial charge in [-0.2, -0.15) is 4.57 Å². The first kappa shape index (κ1) is 18.3. The van der Waals surface area contributed by atoms with Gasteiger partial charge >= 0.3 is 0 Å². The SMILES string of the molecule is Cc1cc(C)cc(NC(=S)C(=C([O-])c2cccs2)[n+]2cccc(C)c2)c1. The molecule has 2 heterocycles. The summed E-state index contributed by atoms with van der Waals surface area (Å²) in [6, 6.07) is 13.7. The fourth-order valence-corrected chi connectivity index (χ4v) is 3.81. The van der Waals surface area contributed by atoms with Crippen LogP contribution in [0.15, 0.2) is 60.2 Å². The molecule has 0 bridgehead atoms. The van der Waals surface area contributed by atoms with Crippen molar-refractivity contribution in [1.82, 2.24) is 0 Å². The first-order valence-corrected chi connectivity index (χ1v) is 9.56. The number of rotatable bonds is 4. The number of aromatic nitrogens is 1. The zero-order valence-electron chi connectivity index (χ0n) is 14.9. The van der Waals surface area contributed by atoms with Crippen LogP contribution in [0, 0.1) is 20.8 Å². The van der Waals surface area contributed by atoms with Crippen LogP contribution in [-0.2, 0) is 0 Å². The Morgan fingerprint density at radius 3 is 2.38 bits per heavy atom. The van der Waals surface area contributed by atoms with Crippen molar-refractivity contribution in [2.75, 3.05) is 5.32 Å². The molecule has 0 spiro atoms. The zero-order chi connectivity index (χ0) is 18.7. The van der Waals surface area contributed by atoms with Gasteiger partial charge in [-0.05, 0) is 67.3 Å². The number of pyridine rings is 1. The molecule has 26 heavy (non-hydrogen) atoms. The summed E-state index contributed by atoms with van der Waals surface area (Å²) in [6.45, 7) is 6.07. The lowest BCUT2D eigenvalue weighted by Crippen LogP contribution is -2.40. The Bertz CT molecular complexity index is 955. The molecule has 0 aliphatic rings. The zero-order valence-corrected chi connectivity index (χ0v) is 16.6. The number of hydrogen-bond acceptors (Lipinski definition) is 3. The summed E-state index contributed by atoms with van der Waals surface area (Å²) in [5.74, 6) is -0.0857. The van der Waals surface area contributed by atoms with Crippen LogP contribution in [0.2, 0.25) is 0 Å². The highest BCUT2D eigenvalue weighted by Gasteiger charge is 2.19. The van der Waals surface area contributed by atoms with Crippen LogP contribution in [0.5, 0.6) is 0 Å². The summed E-state index contributed by atoms with van der Waals surface area (Å²) in [4.78, 5) is 1.07. The number of benzene rings is 1. The van der Waals surface area contributed by atoms with Gasteiger partial charge < -0.3 is 10.4 Å². The molecule has 0 atom stereocenters. The molecule has 5 heteroatoms. The van der Waals surface area contributed by atoms with Crippen molar-refractivity contribution in [2.24, 2.45) is 0 Å². The van der Waals surface area contributed by atoms with E-state index >= 15 is 0 Å². The Balaban J connectivity index is 2.06. The number of hydrogen-bond donors (Lipinski definition) is 1. The fourth-order valence-electron chi connectivity index (χ4n) is 2.83. The molecule has 0 fully saturated rings. The van der Waals surface area contributed by atoms with Crippen molar-refractivity contribution in [3.8, 4) is 0 Å². The maximum Gasteiger partial charge on any atom is 0.239 e. The second kappa shape index (κ2) is 7.81. The molecule has 0 aliphatic carbocycles. The van der Waals surface area contributed by atoms with Crippen molar-refractivity contribution in [1.29, 1.82) is 0 Å². The van der Waals surface area contributed by atoms with E-state index in [1.54, 1.807) is 4.57 Å². The average Bonchev–Trinajstić information content (AvgIpc) is 3.08. The van der Waals surface area contributed by atoms with Crippen molar-refractivity contribution in [2.45, 2.75) is 20.8 Å². The van der Waals surface area contributed by atoms with Gasteiger partial charge in [-0.25, -0.2) is 0 Å². The second-order valence-electron chi connectivity index (χ2n) is 6.27. The van der Waals surface area contributed by atoms with Gasteiger partial charge in [0.15, 0.2) is 17.4 Å². The molecule has 2 aromatic heterocycles. The van der Waals surface area contributed by atoms with Crippen LogP contribution in [-0.4, -0.2) is 4.99 Å². The summed E-state index contributed by atoms with van der Waals surface area (Å²) in [6.07, 6.45) is 3.76. The van der Waals surface area contributed by atoms with Crippen molar-refractivity contribution in [3.63, 3.8) is 0 Å². The molecule has 0 saturated carbocycles. The predicted molar refractivity (Wildman–Crippen MR) is 111 cm³/mol. The molecule has 1 aromatic carbocycles. The highest BCUT2D eigenvalue weighted by Crippen LogP contribution is 2.21. The maximum atomic E-state index is 13.1. The minimum absolute atomic E-state index is 0.0857. The van der Waals surface area contributed by atoms with E-state index in [9.17, 15) is 5.11 Å². The number of aryl methyl sites for hydroxylation is 3. The molecule has 3 rings (SSSR count). The van der Waals surface area contributed by atoms with E-state index in [0.29, 0.717) is 15.6 Å². The Morgan fingerprint density at radius 1 is 1.04 bits per heavy atom. The smallest absolute Gasteiger partial charge is 0.239 e. The van der Waals surface area contributed by atoms with E-state index in [4.69, 9.17) is 12.2 Å². The minimum atomic E-state index is -0.0857. The molecule has 0 unspecified atom stereocenters. The summed E-state index contributed by atoms with van der Waals surface area (Å²) < 4.78 is 1.80. The minimum Gasteiger partial charge on any atom is -0.867 e. The van der Waals surface area contributed by atoms with Gasteiger partial charge in [0.2, 0.25) is 5.70 Å². The lowest BCUT2D eigenvalue weighted by atomic mass is 10.1. The molecular weight excluding hydrogens is 360 g/mol. The highest BCUT2D eigenvalue weighted by molar-refractivity contribution is 7.81. The Labute approximate surface area is 163 Å². The van der Waals surface area contributed by atoms with E-state index in [0.717, 1.165) is 22.4 Å². The van der Waals surface area contributed by atoms with Gasteiger partial charge in [-0.3, -0.25) is 0 Å². The van der Waals surface area contributed by atoms with Crippen molar-refractivity contribution < 1.29 is 9.67 Å². The van der Waals surface area contributed by atoms with Crippen LogP contribution >= 0.6 is 23.6 Å². The molecule has 3 nitrogen and oxygen atoms in total. The van der Waals surface area contributed by atoms with E-state index in [1.165, 1.54) is 11.3 Å². The first-order valence-electron chi connectivity index (χ1n) is 8.27. The number of thiophene rings is 1. The predicted octanol–water partition coefficient (Wildman–Crippen LogP) is 4.09. The van der Waals surface area contributed by atoms with Gasteiger partial charge in [0.05, 0.1) is 0 Å². The lowest BCUT2D eigenvalue weighted by molar-refractivity contribution is -0.578. The van der Waals surface area contributed by atoms with Crippen LogP contribution in [0.25, 0.3) is 11.5 Å². The van der Waals surface area contributed by atoms with Crippen LogP contribution < -0.4 is 15.0 Å². The molecule has 0 aliphatic heterocycles.